The summed E-state index contributed by atoms with van der Waals surface area (Å²) in [4.78, 5) is 20.8. The summed E-state index contributed by atoms with van der Waals surface area (Å²) in [6, 6.07) is 19.0. The molecule has 0 fully saturated rings. The molecule has 132 valence electrons. The summed E-state index contributed by atoms with van der Waals surface area (Å²) in [5, 5.41) is 6.89. The minimum atomic E-state index is -0.572. The molecular weight excluding hydrogens is 343 g/mol. The molecule has 5 nitrogen and oxygen atoms in total. The smallest absolute Gasteiger partial charge is 0.259 e. The average molecular weight is 358 g/mol. The third-order valence-corrected chi connectivity index (χ3v) is 4.04. The first kappa shape index (κ1) is 16.7. The molecule has 6 heteroatoms. The highest BCUT2D eigenvalue weighted by atomic mass is 19.1. The van der Waals surface area contributed by atoms with Gasteiger partial charge < -0.3 is 10.6 Å². The topological polar surface area (TPSA) is 66.9 Å². The second kappa shape index (κ2) is 7.21. The Bertz CT molecular complexity index is 1110. The van der Waals surface area contributed by atoms with Crippen LogP contribution < -0.4 is 10.6 Å². The summed E-state index contributed by atoms with van der Waals surface area (Å²) in [6.07, 6.45) is 3.34. The molecule has 0 atom stereocenters. The van der Waals surface area contributed by atoms with E-state index in [0.717, 1.165) is 22.3 Å². The van der Waals surface area contributed by atoms with Gasteiger partial charge >= 0.3 is 0 Å². The van der Waals surface area contributed by atoms with Gasteiger partial charge in [-0.1, -0.05) is 30.3 Å². The van der Waals surface area contributed by atoms with Crippen molar-refractivity contribution in [3.8, 4) is 0 Å². The normalized spacial score (nSPS) is 10.6. The maximum absolute atomic E-state index is 13.7. The van der Waals surface area contributed by atoms with Crippen molar-refractivity contribution >= 4 is 34.0 Å². The van der Waals surface area contributed by atoms with Crippen LogP contribution in [0.5, 0.6) is 0 Å². The maximum atomic E-state index is 13.7. The number of benzene rings is 2. The molecule has 4 aromatic rings. The fourth-order valence-corrected chi connectivity index (χ4v) is 2.73. The van der Waals surface area contributed by atoms with Crippen molar-refractivity contribution in [2.75, 3.05) is 10.6 Å². The number of pyridine rings is 2. The van der Waals surface area contributed by atoms with Crippen molar-refractivity contribution in [3.05, 3.63) is 90.5 Å². The lowest BCUT2D eigenvalue weighted by atomic mass is 10.2. The van der Waals surface area contributed by atoms with E-state index in [4.69, 9.17) is 0 Å². The Labute approximate surface area is 154 Å². The monoisotopic (exact) mass is 358 g/mol. The largest absolute Gasteiger partial charge is 0.352 e. The molecule has 2 heterocycles. The number of nitrogens with zero attached hydrogens (tertiary/aromatic N) is 2. The quantitative estimate of drug-likeness (QED) is 0.552. The van der Waals surface area contributed by atoms with Gasteiger partial charge in [-0.15, -0.1) is 0 Å². The van der Waals surface area contributed by atoms with Crippen molar-refractivity contribution in [2.45, 2.75) is 0 Å². The summed E-state index contributed by atoms with van der Waals surface area (Å²) < 4.78 is 13.7. The molecule has 27 heavy (non-hydrogen) atoms. The minimum Gasteiger partial charge on any atom is -0.352 e. The number of amides is 1. The standard InChI is InChI=1S/C21H15FN4O/c22-17-8-2-1-7-16(17)21(27)26-19-11-10-15(13-24-19)25-18-9-3-5-14-6-4-12-23-20(14)18/h1-13,25H,(H,24,26,27). The number of para-hydroxylation sites is 1. The number of aromatic nitrogens is 2. The van der Waals surface area contributed by atoms with Gasteiger partial charge in [-0.25, -0.2) is 9.37 Å². The molecule has 0 aliphatic rings. The fraction of sp³-hybridized carbons (Fsp3) is 0. The zero-order valence-corrected chi connectivity index (χ0v) is 14.2. The number of carbonyl (C=O) groups is 1. The molecule has 2 aromatic carbocycles. The van der Waals surface area contributed by atoms with E-state index in [0.29, 0.717) is 5.82 Å². The van der Waals surface area contributed by atoms with E-state index >= 15 is 0 Å². The van der Waals surface area contributed by atoms with Crippen molar-refractivity contribution in [1.29, 1.82) is 0 Å². The maximum Gasteiger partial charge on any atom is 0.259 e. The Morgan fingerprint density at radius 3 is 2.56 bits per heavy atom. The lowest BCUT2D eigenvalue weighted by Crippen LogP contribution is -2.14. The highest BCUT2D eigenvalue weighted by Gasteiger charge is 2.11. The second-order valence-electron chi connectivity index (χ2n) is 5.87. The zero-order chi connectivity index (χ0) is 18.6. The Balaban J connectivity index is 1.51. The predicted molar refractivity (Wildman–Crippen MR) is 104 cm³/mol. The van der Waals surface area contributed by atoms with Crippen LogP contribution in [0.2, 0.25) is 0 Å². The van der Waals surface area contributed by atoms with Crippen molar-refractivity contribution in [2.24, 2.45) is 0 Å². The molecular formula is C21H15FN4O. The van der Waals surface area contributed by atoms with Crippen LogP contribution in [0.15, 0.2) is 79.1 Å². The molecule has 2 aromatic heterocycles. The molecule has 0 bridgehead atoms. The number of hydrogen-bond acceptors (Lipinski definition) is 4. The molecule has 0 aliphatic heterocycles. The lowest BCUT2D eigenvalue weighted by molar-refractivity contribution is 0.102. The van der Waals surface area contributed by atoms with Crippen LogP contribution >= 0.6 is 0 Å². The van der Waals surface area contributed by atoms with Crippen molar-refractivity contribution in [1.82, 2.24) is 9.97 Å². The minimum absolute atomic E-state index is 0.0247. The summed E-state index contributed by atoms with van der Waals surface area (Å²) in [5.41, 5.74) is 2.44. The third kappa shape index (κ3) is 3.59. The van der Waals surface area contributed by atoms with Gasteiger partial charge in [-0.2, -0.15) is 0 Å². The van der Waals surface area contributed by atoms with Crippen LogP contribution in [0.4, 0.5) is 21.6 Å². The summed E-state index contributed by atoms with van der Waals surface area (Å²) in [5.74, 6) is -0.777. The number of nitrogens with one attached hydrogen (secondary N) is 2. The Morgan fingerprint density at radius 2 is 1.74 bits per heavy atom. The molecule has 0 saturated heterocycles. The summed E-state index contributed by atoms with van der Waals surface area (Å²) in [6.45, 7) is 0. The summed E-state index contributed by atoms with van der Waals surface area (Å²) in [7, 11) is 0. The number of hydrogen-bond donors (Lipinski definition) is 2. The first-order valence-corrected chi connectivity index (χ1v) is 8.33. The van der Waals surface area contributed by atoms with Crippen LogP contribution in [-0.2, 0) is 0 Å². The van der Waals surface area contributed by atoms with E-state index in [1.807, 2.05) is 30.3 Å². The van der Waals surface area contributed by atoms with Crippen molar-refractivity contribution < 1.29 is 9.18 Å². The van der Waals surface area contributed by atoms with Crippen LogP contribution in [0, 0.1) is 5.82 Å². The Morgan fingerprint density at radius 1 is 0.889 bits per heavy atom. The van der Waals surface area contributed by atoms with Crippen LogP contribution in [0.25, 0.3) is 10.9 Å². The summed E-state index contributed by atoms with van der Waals surface area (Å²) >= 11 is 0. The molecule has 0 spiro atoms. The van der Waals surface area contributed by atoms with E-state index in [-0.39, 0.29) is 5.56 Å². The van der Waals surface area contributed by atoms with Gasteiger partial charge in [0.1, 0.15) is 11.6 Å². The molecule has 1 amide bonds. The second-order valence-corrected chi connectivity index (χ2v) is 5.87. The van der Waals surface area contributed by atoms with E-state index in [9.17, 15) is 9.18 Å². The number of rotatable bonds is 4. The van der Waals surface area contributed by atoms with Gasteiger partial charge in [0.05, 0.1) is 28.7 Å². The van der Waals surface area contributed by atoms with Crippen LogP contribution in [0.3, 0.4) is 0 Å². The van der Waals surface area contributed by atoms with Gasteiger partial charge in [0, 0.05) is 11.6 Å². The van der Waals surface area contributed by atoms with Gasteiger partial charge in [-0.05, 0) is 36.4 Å². The highest BCUT2D eigenvalue weighted by molar-refractivity contribution is 6.04. The number of anilines is 3. The first-order valence-electron chi connectivity index (χ1n) is 8.33. The molecule has 0 unspecified atom stereocenters. The average Bonchev–Trinajstić information content (AvgIpc) is 2.70. The number of fused-ring (bicyclic) bond motifs is 1. The third-order valence-electron chi connectivity index (χ3n) is 4.04. The van der Waals surface area contributed by atoms with E-state index in [1.54, 1.807) is 30.6 Å². The lowest BCUT2D eigenvalue weighted by Gasteiger charge is -2.10. The van der Waals surface area contributed by atoms with Crippen LogP contribution in [0.1, 0.15) is 10.4 Å². The van der Waals surface area contributed by atoms with Gasteiger partial charge in [0.2, 0.25) is 0 Å². The molecule has 0 radical (unpaired) electrons. The Hall–Kier alpha value is -3.80. The number of carbonyl (C=O) groups excluding carboxylic acids is 1. The molecule has 2 N–H and O–H groups in total. The van der Waals surface area contributed by atoms with E-state index < -0.39 is 11.7 Å². The van der Waals surface area contributed by atoms with Crippen molar-refractivity contribution in [3.63, 3.8) is 0 Å². The van der Waals surface area contributed by atoms with Gasteiger partial charge in [0.15, 0.2) is 0 Å². The molecule has 4 rings (SSSR count). The Kier molecular flexibility index (Phi) is 4.45. The highest BCUT2D eigenvalue weighted by Crippen LogP contribution is 2.24. The number of halogens is 1. The van der Waals surface area contributed by atoms with E-state index in [2.05, 4.69) is 20.6 Å². The zero-order valence-electron chi connectivity index (χ0n) is 14.2. The SMILES string of the molecule is O=C(Nc1ccc(Nc2cccc3cccnc23)cn1)c1ccccc1F. The van der Waals surface area contributed by atoms with Gasteiger partial charge in [0.25, 0.3) is 5.91 Å². The van der Waals surface area contributed by atoms with Gasteiger partial charge in [-0.3, -0.25) is 9.78 Å². The van der Waals surface area contributed by atoms with Crippen LogP contribution in [-0.4, -0.2) is 15.9 Å². The molecule has 0 aliphatic carbocycles. The molecule has 0 saturated carbocycles. The predicted octanol–water partition coefficient (Wildman–Crippen LogP) is 4.76. The fourth-order valence-electron chi connectivity index (χ4n) is 2.73. The first-order chi connectivity index (χ1) is 13.2. The van der Waals surface area contributed by atoms with E-state index in [1.165, 1.54) is 18.2 Å².